The Bertz CT molecular complexity index is 595. The van der Waals surface area contributed by atoms with Gasteiger partial charge in [0.15, 0.2) is 0 Å². The second-order valence-corrected chi connectivity index (χ2v) is 4.53. The minimum Gasteiger partial charge on any atom is -0.507 e. The Morgan fingerprint density at radius 2 is 1.33 bits per heavy atom. The van der Waals surface area contributed by atoms with Crippen molar-refractivity contribution in [1.82, 2.24) is 0 Å². The van der Waals surface area contributed by atoms with Gasteiger partial charge in [-0.1, -0.05) is 12.1 Å². The fourth-order valence-corrected chi connectivity index (χ4v) is 2.34. The maximum Gasteiger partial charge on any atom is 0.127 e. The van der Waals surface area contributed by atoms with Crippen LogP contribution in [0.1, 0.15) is 16.7 Å². The van der Waals surface area contributed by atoms with Crippen molar-refractivity contribution in [2.24, 2.45) is 0 Å². The molecule has 0 bridgehead atoms. The number of rotatable bonds is 1. The van der Waals surface area contributed by atoms with Gasteiger partial charge in [0.2, 0.25) is 0 Å². The van der Waals surface area contributed by atoms with Crippen molar-refractivity contribution in [2.45, 2.75) is 20.8 Å². The van der Waals surface area contributed by atoms with E-state index in [0.717, 1.165) is 11.1 Å². The topological polar surface area (TPSA) is 60.7 Å². The molecular weight excluding hydrogens is 228 g/mol. The fraction of sp³-hybridized carbons (Fsp3) is 0.200. The minimum absolute atomic E-state index is 0.00412. The van der Waals surface area contributed by atoms with Crippen molar-refractivity contribution >= 4 is 0 Å². The Morgan fingerprint density at radius 3 is 1.89 bits per heavy atom. The Labute approximate surface area is 106 Å². The van der Waals surface area contributed by atoms with Gasteiger partial charge in [-0.2, -0.15) is 0 Å². The van der Waals surface area contributed by atoms with Crippen LogP contribution in [-0.4, -0.2) is 15.3 Å². The molecule has 0 fully saturated rings. The van der Waals surface area contributed by atoms with E-state index < -0.39 is 0 Å². The zero-order chi connectivity index (χ0) is 13.4. The number of aryl methyl sites for hydroxylation is 2. The molecule has 0 amide bonds. The summed E-state index contributed by atoms with van der Waals surface area (Å²) in [6.45, 7) is 5.49. The Hall–Kier alpha value is -2.16. The van der Waals surface area contributed by atoms with Crippen LogP contribution in [-0.2, 0) is 0 Å². The molecule has 0 aliphatic carbocycles. The molecule has 3 nitrogen and oxygen atoms in total. The summed E-state index contributed by atoms with van der Waals surface area (Å²) in [6, 6.07) is 6.45. The quantitative estimate of drug-likeness (QED) is 0.720. The van der Waals surface area contributed by atoms with E-state index in [1.807, 2.05) is 19.9 Å². The molecule has 3 heteroatoms. The van der Waals surface area contributed by atoms with Gasteiger partial charge in [-0.05, 0) is 55.2 Å². The van der Waals surface area contributed by atoms with Gasteiger partial charge in [0.05, 0.1) is 5.56 Å². The van der Waals surface area contributed by atoms with E-state index in [9.17, 15) is 15.3 Å². The van der Waals surface area contributed by atoms with E-state index in [4.69, 9.17) is 0 Å². The number of benzene rings is 2. The van der Waals surface area contributed by atoms with Gasteiger partial charge in [-0.15, -0.1) is 0 Å². The molecule has 94 valence electrons. The fourth-order valence-electron chi connectivity index (χ4n) is 2.34. The first-order valence-electron chi connectivity index (χ1n) is 5.74. The van der Waals surface area contributed by atoms with Gasteiger partial charge in [0.25, 0.3) is 0 Å². The van der Waals surface area contributed by atoms with Gasteiger partial charge in [0.1, 0.15) is 17.2 Å². The molecule has 0 aliphatic rings. The molecule has 0 aromatic heterocycles. The Balaban J connectivity index is 2.84. The first-order chi connectivity index (χ1) is 8.43. The molecule has 3 N–H and O–H groups in total. The summed E-state index contributed by atoms with van der Waals surface area (Å²) in [5, 5.41) is 29.8. The highest BCUT2D eigenvalue weighted by molar-refractivity contribution is 5.82. The van der Waals surface area contributed by atoms with Crippen molar-refractivity contribution in [2.75, 3.05) is 0 Å². The highest BCUT2D eigenvalue weighted by Gasteiger charge is 2.17. The summed E-state index contributed by atoms with van der Waals surface area (Å²) >= 11 is 0. The first kappa shape index (κ1) is 12.3. The summed E-state index contributed by atoms with van der Waals surface area (Å²) in [6.07, 6.45) is 0. The molecule has 2 aromatic carbocycles. The van der Waals surface area contributed by atoms with Gasteiger partial charge in [-0.25, -0.2) is 0 Å². The van der Waals surface area contributed by atoms with E-state index in [2.05, 4.69) is 0 Å². The minimum atomic E-state index is 0.00412. The number of hydrogen-bond acceptors (Lipinski definition) is 3. The number of phenolic OH excluding ortho intramolecular Hbond substituents is 3. The van der Waals surface area contributed by atoms with Crippen LogP contribution < -0.4 is 0 Å². The van der Waals surface area contributed by atoms with Crippen LogP contribution in [0.15, 0.2) is 24.3 Å². The SMILES string of the molecule is Cc1cc(C)c(-c2c(O)cccc2O)c(C)c1O. The normalized spacial score (nSPS) is 10.6. The van der Waals surface area contributed by atoms with Crippen LogP contribution in [0, 0.1) is 20.8 Å². The zero-order valence-corrected chi connectivity index (χ0v) is 10.7. The van der Waals surface area contributed by atoms with Crippen LogP contribution >= 0.6 is 0 Å². The second kappa shape index (κ2) is 4.26. The van der Waals surface area contributed by atoms with E-state index in [-0.39, 0.29) is 17.2 Å². The molecule has 0 saturated carbocycles. The predicted molar refractivity (Wildman–Crippen MR) is 71.1 cm³/mol. The summed E-state index contributed by atoms with van der Waals surface area (Å²) in [7, 11) is 0. The van der Waals surface area contributed by atoms with Crippen LogP contribution in [0.4, 0.5) is 0 Å². The number of aromatic hydroxyl groups is 3. The summed E-state index contributed by atoms with van der Waals surface area (Å²) in [5.41, 5.74) is 3.38. The summed E-state index contributed by atoms with van der Waals surface area (Å²) < 4.78 is 0. The van der Waals surface area contributed by atoms with Gasteiger partial charge in [0, 0.05) is 0 Å². The largest absolute Gasteiger partial charge is 0.507 e. The molecule has 0 unspecified atom stereocenters. The summed E-state index contributed by atoms with van der Waals surface area (Å²) in [5.74, 6) is 0.201. The maximum absolute atomic E-state index is 9.99. The lowest BCUT2D eigenvalue weighted by Crippen LogP contribution is -1.92. The van der Waals surface area contributed by atoms with Crippen molar-refractivity contribution in [3.63, 3.8) is 0 Å². The van der Waals surface area contributed by atoms with E-state index in [0.29, 0.717) is 16.7 Å². The number of phenols is 3. The number of hydrogen-bond donors (Lipinski definition) is 3. The molecule has 0 radical (unpaired) electrons. The summed E-state index contributed by atoms with van der Waals surface area (Å²) in [4.78, 5) is 0. The lowest BCUT2D eigenvalue weighted by atomic mass is 9.92. The van der Waals surface area contributed by atoms with Gasteiger partial charge >= 0.3 is 0 Å². The van der Waals surface area contributed by atoms with Crippen LogP contribution in [0.3, 0.4) is 0 Å². The first-order valence-corrected chi connectivity index (χ1v) is 5.74. The van der Waals surface area contributed by atoms with E-state index in [1.54, 1.807) is 13.0 Å². The third kappa shape index (κ3) is 1.78. The second-order valence-electron chi connectivity index (χ2n) is 4.53. The Kier molecular flexibility index (Phi) is 2.91. The van der Waals surface area contributed by atoms with Gasteiger partial charge in [-0.3, -0.25) is 0 Å². The molecule has 0 atom stereocenters. The van der Waals surface area contributed by atoms with Gasteiger partial charge < -0.3 is 15.3 Å². The van der Waals surface area contributed by atoms with Crippen LogP contribution in [0.2, 0.25) is 0 Å². The van der Waals surface area contributed by atoms with E-state index >= 15 is 0 Å². The lowest BCUT2D eigenvalue weighted by molar-refractivity contribution is 0.453. The molecule has 18 heavy (non-hydrogen) atoms. The third-order valence-electron chi connectivity index (χ3n) is 3.20. The highest BCUT2D eigenvalue weighted by Crippen LogP contribution is 2.43. The molecule has 2 aromatic rings. The smallest absolute Gasteiger partial charge is 0.127 e. The standard InChI is InChI=1S/C15H16O3/c1-8-7-9(2)15(18)10(3)13(8)14-11(16)5-4-6-12(14)17/h4-7,16-18H,1-3H3. The molecule has 0 heterocycles. The lowest BCUT2D eigenvalue weighted by Gasteiger charge is -2.16. The molecule has 0 spiro atoms. The van der Waals surface area contributed by atoms with Crippen molar-refractivity contribution in [3.8, 4) is 28.4 Å². The van der Waals surface area contributed by atoms with E-state index in [1.165, 1.54) is 12.1 Å². The third-order valence-corrected chi connectivity index (χ3v) is 3.20. The maximum atomic E-state index is 9.99. The van der Waals surface area contributed by atoms with Crippen molar-refractivity contribution in [3.05, 3.63) is 41.0 Å². The van der Waals surface area contributed by atoms with Crippen molar-refractivity contribution in [1.29, 1.82) is 0 Å². The van der Waals surface area contributed by atoms with Crippen LogP contribution in [0.25, 0.3) is 11.1 Å². The zero-order valence-electron chi connectivity index (χ0n) is 10.7. The predicted octanol–water partition coefficient (Wildman–Crippen LogP) is 3.40. The monoisotopic (exact) mass is 244 g/mol. The molecule has 0 aliphatic heterocycles. The average Bonchev–Trinajstić information content (AvgIpc) is 2.30. The van der Waals surface area contributed by atoms with Crippen molar-refractivity contribution < 1.29 is 15.3 Å². The Morgan fingerprint density at radius 1 is 0.778 bits per heavy atom. The average molecular weight is 244 g/mol. The molecular formula is C15H16O3. The van der Waals surface area contributed by atoms with Crippen LogP contribution in [0.5, 0.6) is 17.2 Å². The molecule has 0 saturated heterocycles. The molecule has 2 rings (SSSR count). The highest BCUT2D eigenvalue weighted by atomic mass is 16.3.